The molecule has 12 heteroatoms. The van der Waals surface area contributed by atoms with Crippen LogP contribution in [-0.4, -0.2) is 55.0 Å². The zero-order chi connectivity index (χ0) is 27.9. The van der Waals surface area contributed by atoms with Crippen LogP contribution in [-0.2, 0) is 4.79 Å². The first kappa shape index (κ1) is 28.1. The van der Waals surface area contributed by atoms with E-state index in [2.05, 4.69) is 38.8 Å². The molecule has 1 aliphatic carbocycles. The van der Waals surface area contributed by atoms with Crippen LogP contribution in [0.15, 0.2) is 12.1 Å². The Morgan fingerprint density at radius 1 is 1.15 bits per heavy atom. The van der Waals surface area contributed by atoms with Crippen LogP contribution in [0.25, 0.3) is 0 Å². The summed E-state index contributed by atoms with van der Waals surface area (Å²) < 4.78 is 29.6. The van der Waals surface area contributed by atoms with E-state index in [9.17, 15) is 23.7 Å². The van der Waals surface area contributed by atoms with Crippen molar-refractivity contribution in [3.8, 4) is 0 Å². The third-order valence-corrected chi connectivity index (χ3v) is 10.0. The number of alkyl halides is 2. The zero-order valence-electron chi connectivity index (χ0n) is 22.8. The first-order valence-electron chi connectivity index (χ1n) is 14.1. The van der Waals surface area contributed by atoms with E-state index in [1.54, 1.807) is 6.07 Å². The van der Waals surface area contributed by atoms with Crippen molar-refractivity contribution < 1.29 is 18.5 Å². The van der Waals surface area contributed by atoms with E-state index < -0.39 is 16.8 Å². The van der Waals surface area contributed by atoms with E-state index in [-0.39, 0.29) is 42.6 Å². The molecule has 1 saturated carbocycles. The lowest BCUT2D eigenvalue weighted by atomic mass is 9.86. The number of carbonyl (C=O) groups excluding carboxylic acids is 1. The van der Waals surface area contributed by atoms with Crippen molar-refractivity contribution in [3.05, 3.63) is 38.8 Å². The molecule has 2 saturated heterocycles. The summed E-state index contributed by atoms with van der Waals surface area (Å²) >= 11 is 1.08. The summed E-state index contributed by atoms with van der Waals surface area (Å²) in [5, 5.41) is 23.2. The van der Waals surface area contributed by atoms with E-state index in [1.807, 2.05) is 6.92 Å². The number of hydrogen-bond acceptors (Lipinski definition) is 7. The lowest BCUT2D eigenvalue weighted by molar-refractivity contribution is -0.380. The van der Waals surface area contributed by atoms with E-state index in [4.69, 9.17) is 0 Å². The van der Waals surface area contributed by atoms with Gasteiger partial charge in [0, 0.05) is 60.3 Å². The van der Waals surface area contributed by atoms with Gasteiger partial charge in [0.2, 0.25) is 11.8 Å². The van der Waals surface area contributed by atoms with E-state index in [0.29, 0.717) is 30.5 Å². The Hall–Kier alpha value is -2.47. The fourth-order valence-electron chi connectivity index (χ4n) is 6.84. The van der Waals surface area contributed by atoms with Gasteiger partial charge >= 0.3 is 5.00 Å². The summed E-state index contributed by atoms with van der Waals surface area (Å²) in [6.45, 7) is 7.07. The molecule has 2 aliphatic heterocycles. The van der Waals surface area contributed by atoms with Gasteiger partial charge < -0.3 is 9.88 Å². The van der Waals surface area contributed by atoms with Crippen molar-refractivity contribution >= 4 is 22.2 Å². The Bertz CT molecular complexity index is 1180. The molecule has 2 bridgehead atoms. The molecule has 5 rings (SSSR count). The van der Waals surface area contributed by atoms with Gasteiger partial charge in [0.1, 0.15) is 11.6 Å². The molecule has 3 atom stereocenters. The summed E-state index contributed by atoms with van der Waals surface area (Å²) in [4.78, 5) is 27.3. The van der Waals surface area contributed by atoms with Crippen LogP contribution >= 0.6 is 11.3 Å². The van der Waals surface area contributed by atoms with Crippen LogP contribution in [0.4, 0.5) is 13.8 Å². The molecule has 0 radical (unpaired) electrons. The Kier molecular flexibility index (Phi) is 8.05. The summed E-state index contributed by atoms with van der Waals surface area (Å²) in [5.41, 5.74) is 0. The number of aromatic nitrogens is 3. The van der Waals surface area contributed by atoms with Crippen LogP contribution in [0.2, 0.25) is 0 Å². The van der Waals surface area contributed by atoms with Gasteiger partial charge in [-0.15, -0.1) is 10.2 Å². The van der Waals surface area contributed by atoms with Crippen molar-refractivity contribution in [2.45, 2.75) is 115 Å². The second-order valence-corrected chi connectivity index (χ2v) is 12.9. The predicted octanol–water partition coefficient (Wildman–Crippen LogP) is 5.92. The summed E-state index contributed by atoms with van der Waals surface area (Å²) in [6, 6.07) is 4.01. The maximum atomic E-state index is 13.6. The topological polar surface area (TPSA) is 106 Å². The van der Waals surface area contributed by atoms with Gasteiger partial charge in [0.15, 0.2) is 0 Å². The Labute approximate surface area is 231 Å². The molecule has 2 aromatic rings. The summed E-state index contributed by atoms with van der Waals surface area (Å²) in [6.07, 6.45) is 4.68. The maximum absolute atomic E-state index is 13.6. The molecule has 214 valence electrons. The third-order valence-electron chi connectivity index (χ3n) is 8.85. The minimum absolute atomic E-state index is 0.0349. The summed E-state index contributed by atoms with van der Waals surface area (Å²) in [7, 11) is 0. The molecule has 39 heavy (non-hydrogen) atoms. The highest BCUT2D eigenvalue weighted by molar-refractivity contribution is 7.15. The van der Waals surface area contributed by atoms with Gasteiger partial charge in [0.25, 0.3) is 0 Å². The molecule has 0 aromatic carbocycles. The number of nitrogens with zero attached hydrogens (tertiary/aromatic N) is 5. The molecule has 2 unspecified atom stereocenters. The number of thiophene rings is 1. The normalized spacial score (nSPS) is 26.2. The number of halogens is 2. The number of carbonyl (C=O) groups is 1. The first-order chi connectivity index (χ1) is 18.5. The molecule has 9 nitrogen and oxygen atoms in total. The lowest BCUT2D eigenvalue weighted by Gasteiger charge is -2.40. The first-order valence-corrected chi connectivity index (χ1v) is 14.9. The SMILES string of the molecule is Cc1nnc(C(C)C)n1C1CC2CCC(C1)N2CC[C@H](NC(=O)C1CCC(F)(F)CC1)c1ccc([N+](=O)[O-])s1. The molecule has 0 spiro atoms. The largest absolute Gasteiger partial charge is 0.348 e. The number of piperidine rings is 1. The minimum atomic E-state index is -2.70. The van der Waals surface area contributed by atoms with Gasteiger partial charge in [-0.25, -0.2) is 8.78 Å². The van der Waals surface area contributed by atoms with Crippen LogP contribution < -0.4 is 5.32 Å². The van der Waals surface area contributed by atoms with Gasteiger partial charge in [-0.3, -0.25) is 19.8 Å². The van der Waals surface area contributed by atoms with Crippen LogP contribution in [0.3, 0.4) is 0 Å². The number of aryl methyl sites for hydroxylation is 1. The standard InChI is InChI=1S/C27H38F2N6O3S/c1-16(2)25-32-31-17(3)34(25)21-14-19-4-5-20(15-21)33(19)13-10-22(23-6-7-24(39-23)35(37)38)30-26(36)18-8-11-27(28,29)12-9-18/h6-7,16,18-22H,4-5,8-15H2,1-3H3,(H,30,36)/t19?,20?,21?,22-/m0/s1. The number of rotatable bonds is 9. The Balaban J connectivity index is 1.27. The van der Waals surface area contributed by atoms with Gasteiger partial charge in [-0.2, -0.15) is 0 Å². The van der Waals surface area contributed by atoms with Crippen LogP contribution in [0, 0.1) is 23.0 Å². The van der Waals surface area contributed by atoms with Crippen molar-refractivity contribution in [3.63, 3.8) is 0 Å². The molecular formula is C27H38F2N6O3S. The number of amides is 1. The van der Waals surface area contributed by atoms with Crippen LogP contribution in [0.5, 0.6) is 0 Å². The molecule has 4 heterocycles. The highest BCUT2D eigenvalue weighted by Gasteiger charge is 2.43. The lowest BCUT2D eigenvalue weighted by Crippen LogP contribution is -2.45. The number of nitro groups is 1. The average Bonchev–Trinajstić information content (AvgIpc) is 3.58. The highest BCUT2D eigenvalue weighted by Crippen LogP contribution is 2.43. The van der Waals surface area contributed by atoms with E-state index in [1.165, 1.54) is 6.07 Å². The highest BCUT2D eigenvalue weighted by atomic mass is 32.1. The Morgan fingerprint density at radius 3 is 2.41 bits per heavy atom. The van der Waals surface area contributed by atoms with Crippen molar-refractivity contribution in [2.75, 3.05) is 6.54 Å². The summed E-state index contributed by atoms with van der Waals surface area (Å²) in [5.74, 6) is -1.07. The fraction of sp³-hybridized carbons (Fsp3) is 0.741. The van der Waals surface area contributed by atoms with E-state index >= 15 is 0 Å². The molecule has 3 aliphatic rings. The quantitative estimate of drug-likeness (QED) is 0.299. The average molecular weight is 565 g/mol. The van der Waals surface area contributed by atoms with Gasteiger partial charge in [-0.05, 0) is 57.9 Å². The maximum Gasteiger partial charge on any atom is 0.324 e. The smallest absolute Gasteiger partial charge is 0.324 e. The minimum Gasteiger partial charge on any atom is -0.348 e. The fourth-order valence-corrected chi connectivity index (χ4v) is 7.74. The second kappa shape index (κ2) is 11.2. The van der Waals surface area contributed by atoms with Crippen molar-refractivity contribution in [1.82, 2.24) is 25.0 Å². The monoisotopic (exact) mass is 564 g/mol. The van der Waals surface area contributed by atoms with Crippen LogP contribution in [0.1, 0.15) is 106 Å². The molecule has 1 N–H and O–H groups in total. The molecule has 2 aromatic heterocycles. The Morgan fingerprint density at radius 2 is 1.82 bits per heavy atom. The molecular weight excluding hydrogens is 526 g/mol. The molecule has 1 amide bonds. The van der Waals surface area contributed by atoms with Gasteiger partial charge in [0.05, 0.1) is 11.0 Å². The van der Waals surface area contributed by atoms with Crippen molar-refractivity contribution in [2.24, 2.45) is 5.92 Å². The van der Waals surface area contributed by atoms with E-state index in [0.717, 1.165) is 60.1 Å². The third kappa shape index (κ3) is 6.01. The number of nitrogens with one attached hydrogen (secondary N) is 1. The predicted molar refractivity (Wildman–Crippen MR) is 144 cm³/mol. The number of hydrogen-bond donors (Lipinski definition) is 1. The zero-order valence-corrected chi connectivity index (χ0v) is 23.6. The van der Waals surface area contributed by atoms with Crippen molar-refractivity contribution in [1.29, 1.82) is 0 Å². The molecule has 3 fully saturated rings. The second-order valence-electron chi connectivity index (χ2n) is 11.8. The number of fused-ring (bicyclic) bond motifs is 2. The van der Waals surface area contributed by atoms with Gasteiger partial charge in [-0.1, -0.05) is 25.2 Å².